The molecular formula is C19H17ClF3N5O. The number of alkyl halides is 3. The Morgan fingerprint density at radius 3 is 2.52 bits per heavy atom. The summed E-state index contributed by atoms with van der Waals surface area (Å²) < 4.78 is 41.8. The van der Waals surface area contributed by atoms with E-state index >= 15 is 0 Å². The predicted octanol–water partition coefficient (Wildman–Crippen LogP) is 4.57. The lowest BCUT2D eigenvalue weighted by atomic mass is 10.1. The summed E-state index contributed by atoms with van der Waals surface area (Å²) in [5, 5.41) is 10.5. The van der Waals surface area contributed by atoms with Gasteiger partial charge in [-0.3, -0.25) is 4.79 Å². The summed E-state index contributed by atoms with van der Waals surface area (Å²) >= 11 is 5.97. The van der Waals surface area contributed by atoms with Crippen molar-refractivity contribution in [2.75, 3.05) is 24.3 Å². The maximum atomic E-state index is 13.5. The molecule has 2 aromatic carbocycles. The molecule has 3 aromatic rings. The number of aromatic nitrogens is 3. The van der Waals surface area contributed by atoms with Gasteiger partial charge >= 0.3 is 6.18 Å². The van der Waals surface area contributed by atoms with Crippen molar-refractivity contribution in [2.45, 2.75) is 13.1 Å². The maximum Gasteiger partial charge on any atom is 0.418 e. The van der Waals surface area contributed by atoms with E-state index in [1.807, 2.05) is 0 Å². The van der Waals surface area contributed by atoms with Crippen LogP contribution in [0.5, 0.6) is 0 Å². The van der Waals surface area contributed by atoms with Gasteiger partial charge in [-0.1, -0.05) is 22.9 Å². The lowest BCUT2D eigenvalue weighted by Gasteiger charge is -2.18. The largest absolute Gasteiger partial charge is 0.418 e. The van der Waals surface area contributed by atoms with Crippen molar-refractivity contribution in [1.82, 2.24) is 15.0 Å². The fourth-order valence-corrected chi connectivity index (χ4v) is 2.91. The van der Waals surface area contributed by atoms with Crippen molar-refractivity contribution in [3.05, 3.63) is 64.4 Å². The van der Waals surface area contributed by atoms with Gasteiger partial charge < -0.3 is 10.2 Å². The van der Waals surface area contributed by atoms with Crippen LogP contribution in [-0.4, -0.2) is 35.0 Å². The standard InChI is InChI=1S/C19H17ClF3N5O/c1-11-17(25-26-28(11)14-6-4-5-12(20)9-14)18(29)24-16-8-7-13(27(2)3)10-15(16)19(21,22)23/h4-10H,1-3H3,(H,24,29). The molecule has 0 aliphatic carbocycles. The monoisotopic (exact) mass is 423 g/mol. The van der Waals surface area contributed by atoms with Gasteiger partial charge in [0.25, 0.3) is 5.91 Å². The molecule has 152 valence electrons. The van der Waals surface area contributed by atoms with Crippen LogP contribution in [0.3, 0.4) is 0 Å². The molecule has 1 N–H and O–H groups in total. The lowest BCUT2D eigenvalue weighted by molar-refractivity contribution is -0.136. The highest BCUT2D eigenvalue weighted by Gasteiger charge is 2.35. The number of nitrogens with one attached hydrogen (secondary N) is 1. The Labute approximate surface area is 169 Å². The molecule has 1 amide bonds. The van der Waals surface area contributed by atoms with Crippen LogP contribution in [0.25, 0.3) is 5.69 Å². The summed E-state index contributed by atoms with van der Waals surface area (Å²) in [7, 11) is 3.26. The zero-order valence-corrected chi connectivity index (χ0v) is 16.5. The predicted molar refractivity (Wildman–Crippen MR) is 105 cm³/mol. The van der Waals surface area contributed by atoms with Crippen LogP contribution < -0.4 is 10.2 Å². The van der Waals surface area contributed by atoms with Gasteiger partial charge in [0.15, 0.2) is 5.69 Å². The van der Waals surface area contributed by atoms with Gasteiger partial charge in [0, 0.05) is 24.8 Å². The Bertz CT molecular complexity index is 1060. The van der Waals surface area contributed by atoms with E-state index in [0.717, 1.165) is 6.07 Å². The molecule has 1 aromatic heterocycles. The van der Waals surface area contributed by atoms with Gasteiger partial charge in [0.1, 0.15) is 0 Å². The minimum absolute atomic E-state index is 0.0882. The Morgan fingerprint density at radius 2 is 1.90 bits per heavy atom. The first-order valence-electron chi connectivity index (χ1n) is 8.46. The molecule has 0 atom stereocenters. The number of hydrogen-bond acceptors (Lipinski definition) is 4. The summed E-state index contributed by atoms with van der Waals surface area (Å²) in [6, 6.07) is 10.4. The second-order valence-electron chi connectivity index (χ2n) is 6.49. The van der Waals surface area contributed by atoms with Crippen molar-refractivity contribution in [1.29, 1.82) is 0 Å². The third-order valence-corrected chi connectivity index (χ3v) is 4.47. The van der Waals surface area contributed by atoms with Crippen LogP contribution >= 0.6 is 11.6 Å². The van der Waals surface area contributed by atoms with Crippen LogP contribution in [0.15, 0.2) is 42.5 Å². The van der Waals surface area contributed by atoms with Gasteiger partial charge in [0.05, 0.1) is 22.6 Å². The summed E-state index contributed by atoms with van der Waals surface area (Å²) in [6.07, 6.45) is -4.64. The second-order valence-corrected chi connectivity index (χ2v) is 6.93. The van der Waals surface area contributed by atoms with Gasteiger partial charge in [-0.25, -0.2) is 4.68 Å². The van der Waals surface area contributed by atoms with Gasteiger partial charge in [-0.15, -0.1) is 5.10 Å². The normalized spacial score (nSPS) is 11.4. The average molecular weight is 424 g/mol. The van der Waals surface area contributed by atoms with Crippen LogP contribution in [0, 0.1) is 6.92 Å². The van der Waals surface area contributed by atoms with Crippen LogP contribution in [0.2, 0.25) is 5.02 Å². The average Bonchev–Trinajstić information content (AvgIpc) is 3.02. The first-order chi connectivity index (χ1) is 13.6. The topological polar surface area (TPSA) is 63.1 Å². The molecule has 29 heavy (non-hydrogen) atoms. The SMILES string of the molecule is Cc1c(C(=O)Nc2ccc(N(C)C)cc2C(F)(F)F)nnn1-c1cccc(Cl)c1. The third kappa shape index (κ3) is 4.34. The Hall–Kier alpha value is -3.07. The summed E-state index contributed by atoms with van der Waals surface area (Å²) in [6.45, 7) is 1.59. The molecule has 0 saturated carbocycles. The minimum Gasteiger partial charge on any atom is -0.378 e. The molecule has 0 bridgehead atoms. The lowest BCUT2D eigenvalue weighted by Crippen LogP contribution is -2.19. The van der Waals surface area contributed by atoms with Crippen LogP contribution in [0.4, 0.5) is 24.5 Å². The van der Waals surface area contributed by atoms with Crippen molar-refractivity contribution in [3.63, 3.8) is 0 Å². The first-order valence-corrected chi connectivity index (χ1v) is 8.84. The summed E-state index contributed by atoms with van der Waals surface area (Å²) in [5.41, 5.74) is -0.0916. The van der Waals surface area contributed by atoms with E-state index < -0.39 is 17.6 Å². The Morgan fingerprint density at radius 1 is 1.17 bits per heavy atom. The minimum atomic E-state index is -4.64. The van der Waals surface area contributed by atoms with Crippen molar-refractivity contribution in [3.8, 4) is 5.69 Å². The second kappa shape index (κ2) is 7.75. The number of halogens is 4. The number of benzene rings is 2. The number of rotatable bonds is 4. The summed E-state index contributed by atoms with van der Waals surface area (Å²) in [5.74, 6) is -0.793. The van der Waals surface area contributed by atoms with Crippen molar-refractivity contribution < 1.29 is 18.0 Å². The van der Waals surface area contributed by atoms with Crippen LogP contribution in [0.1, 0.15) is 21.7 Å². The van der Waals surface area contributed by atoms with Crippen molar-refractivity contribution >= 4 is 28.9 Å². The summed E-state index contributed by atoms with van der Waals surface area (Å²) in [4.78, 5) is 14.2. The Balaban J connectivity index is 1.94. The van der Waals surface area contributed by atoms with E-state index in [1.54, 1.807) is 50.2 Å². The zero-order chi connectivity index (χ0) is 21.3. The fraction of sp³-hybridized carbons (Fsp3) is 0.211. The van der Waals surface area contributed by atoms with E-state index in [4.69, 9.17) is 11.6 Å². The van der Waals surface area contributed by atoms with Crippen molar-refractivity contribution in [2.24, 2.45) is 0 Å². The highest BCUT2D eigenvalue weighted by atomic mass is 35.5. The first kappa shape index (κ1) is 20.7. The smallest absolute Gasteiger partial charge is 0.378 e. The molecule has 0 aliphatic rings. The van der Waals surface area contributed by atoms with Gasteiger partial charge in [-0.2, -0.15) is 13.2 Å². The number of carbonyl (C=O) groups is 1. The number of hydrogen-bond donors (Lipinski definition) is 1. The fourth-order valence-electron chi connectivity index (χ4n) is 2.73. The van der Waals surface area contributed by atoms with E-state index in [9.17, 15) is 18.0 Å². The number of amides is 1. The van der Waals surface area contributed by atoms with E-state index in [0.29, 0.717) is 22.1 Å². The van der Waals surface area contributed by atoms with E-state index in [2.05, 4.69) is 15.6 Å². The molecule has 0 saturated heterocycles. The Kier molecular flexibility index (Phi) is 5.52. The molecule has 6 nitrogen and oxygen atoms in total. The van der Waals surface area contributed by atoms with Crippen LogP contribution in [-0.2, 0) is 6.18 Å². The molecule has 0 spiro atoms. The van der Waals surface area contributed by atoms with Gasteiger partial charge in [-0.05, 0) is 43.3 Å². The molecule has 1 heterocycles. The molecule has 3 rings (SSSR count). The molecular weight excluding hydrogens is 407 g/mol. The van der Waals surface area contributed by atoms with E-state index in [1.165, 1.54) is 16.8 Å². The third-order valence-electron chi connectivity index (χ3n) is 4.24. The highest BCUT2D eigenvalue weighted by Crippen LogP contribution is 2.37. The number of carbonyl (C=O) groups excluding carboxylic acids is 1. The quantitative estimate of drug-likeness (QED) is 0.668. The number of nitrogens with zero attached hydrogens (tertiary/aromatic N) is 4. The zero-order valence-electron chi connectivity index (χ0n) is 15.8. The molecule has 0 unspecified atom stereocenters. The van der Waals surface area contributed by atoms with E-state index in [-0.39, 0.29) is 11.4 Å². The maximum absolute atomic E-state index is 13.5. The molecule has 0 aliphatic heterocycles. The molecule has 0 fully saturated rings. The van der Waals surface area contributed by atoms with Gasteiger partial charge in [0.2, 0.25) is 0 Å². The molecule has 10 heteroatoms. The highest BCUT2D eigenvalue weighted by molar-refractivity contribution is 6.30. The number of anilines is 2. The molecule has 0 radical (unpaired) electrons.